The van der Waals surface area contributed by atoms with Gasteiger partial charge in [-0.15, -0.1) is 11.3 Å². The lowest BCUT2D eigenvalue weighted by Crippen LogP contribution is -2.25. The standard InChI is InChI=1S/C25H24ClN3S/c1-14(2)17-9-11-18(12-10-17)21-16(4)30-24-22(21)23(27-25(26)28-24)29-15(3)13-19-7-5-6-8-20(19)29/h5-12,14-15H,13H2,1-4H3. The Bertz CT molecular complexity index is 1240. The van der Waals surface area contributed by atoms with Crippen LogP contribution in [0.1, 0.15) is 42.7 Å². The van der Waals surface area contributed by atoms with E-state index in [9.17, 15) is 0 Å². The SMILES string of the molecule is Cc1sc2nc(Cl)nc(N3c4ccccc4CC3C)c2c1-c1ccc(C(C)C)cc1. The second kappa shape index (κ2) is 7.36. The molecule has 0 radical (unpaired) electrons. The third-order valence-corrected chi connectivity index (χ3v) is 7.15. The van der Waals surface area contributed by atoms with Gasteiger partial charge in [0, 0.05) is 22.2 Å². The number of thiophene rings is 1. The molecule has 1 aliphatic heterocycles. The third kappa shape index (κ3) is 3.10. The Hall–Kier alpha value is -2.43. The van der Waals surface area contributed by atoms with E-state index < -0.39 is 0 Å². The van der Waals surface area contributed by atoms with Crippen LogP contribution in [0.5, 0.6) is 0 Å². The third-order valence-electron chi connectivity index (χ3n) is 5.98. The molecule has 5 rings (SSSR count). The summed E-state index contributed by atoms with van der Waals surface area (Å²) in [7, 11) is 0. The van der Waals surface area contributed by atoms with Crippen LogP contribution in [-0.4, -0.2) is 16.0 Å². The molecule has 0 saturated heterocycles. The summed E-state index contributed by atoms with van der Waals surface area (Å²) in [6.07, 6.45) is 1.00. The molecule has 4 aromatic rings. The summed E-state index contributed by atoms with van der Waals surface area (Å²) in [6.45, 7) is 8.86. The van der Waals surface area contributed by atoms with Crippen molar-refractivity contribution in [1.29, 1.82) is 0 Å². The number of hydrogen-bond donors (Lipinski definition) is 0. The summed E-state index contributed by atoms with van der Waals surface area (Å²) in [6, 6.07) is 17.8. The summed E-state index contributed by atoms with van der Waals surface area (Å²) in [5, 5.41) is 1.40. The first-order valence-corrected chi connectivity index (χ1v) is 11.6. The van der Waals surface area contributed by atoms with E-state index >= 15 is 0 Å². The maximum atomic E-state index is 6.40. The Balaban J connectivity index is 1.76. The number of para-hydroxylation sites is 1. The Morgan fingerprint density at radius 1 is 1.07 bits per heavy atom. The van der Waals surface area contributed by atoms with Crippen molar-refractivity contribution in [2.24, 2.45) is 0 Å². The van der Waals surface area contributed by atoms with E-state index in [2.05, 4.69) is 86.1 Å². The summed E-state index contributed by atoms with van der Waals surface area (Å²) < 4.78 is 0. The summed E-state index contributed by atoms with van der Waals surface area (Å²) in [5.74, 6) is 1.42. The molecule has 0 spiro atoms. The van der Waals surface area contributed by atoms with Gasteiger partial charge in [0.05, 0.1) is 5.39 Å². The Kier molecular flexibility index (Phi) is 4.79. The summed E-state index contributed by atoms with van der Waals surface area (Å²) in [5.41, 5.74) is 6.33. The van der Waals surface area contributed by atoms with Crippen LogP contribution in [0.4, 0.5) is 11.5 Å². The fourth-order valence-corrected chi connectivity index (χ4v) is 5.77. The fourth-order valence-electron chi connectivity index (χ4n) is 4.51. The molecular formula is C25H24ClN3S. The van der Waals surface area contributed by atoms with E-state index in [4.69, 9.17) is 16.6 Å². The van der Waals surface area contributed by atoms with Gasteiger partial charge in [0.25, 0.3) is 0 Å². The molecule has 3 nitrogen and oxygen atoms in total. The van der Waals surface area contributed by atoms with Crippen molar-refractivity contribution in [3.8, 4) is 11.1 Å². The van der Waals surface area contributed by atoms with E-state index in [-0.39, 0.29) is 0 Å². The summed E-state index contributed by atoms with van der Waals surface area (Å²) >= 11 is 8.09. The van der Waals surface area contributed by atoms with Crippen LogP contribution in [0, 0.1) is 6.92 Å². The van der Waals surface area contributed by atoms with Gasteiger partial charge in [0.15, 0.2) is 0 Å². The zero-order valence-electron chi connectivity index (χ0n) is 17.6. The largest absolute Gasteiger partial charge is 0.322 e. The average molecular weight is 434 g/mol. The number of fused-ring (bicyclic) bond motifs is 2. The zero-order valence-corrected chi connectivity index (χ0v) is 19.2. The van der Waals surface area contributed by atoms with Gasteiger partial charge in [0.1, 0.15) is 10.6 Å². The molecule has 2 aromatic heterocycles. The molecule has 0 aliphatic carbocycles. The highest BCUT2D eigenvalue weighted by Gasteiger charge is 2.31. The molecule has 1 atom stereocenters. The number of anilines is 2. The molecule has 0 bridgehead atoms. The van der Waals surface area contributed by atoms with Gasteiger partial charge >= 0.3 is 0 Å². The minimum atomic E-state index is 0.303. The predicted octanol–water partition coefficient (Wildman–Crippen LogP) is 7.53. The lowest BCUT2D eigenvalue weighted by molar-refractivity contribution is 0.752. The number of hydrogen-bond acceptors (Lipinski definition) is 4. The van der Waals surface area contributed by atoms with Gasteiger partial charge in [-0.2, -0.15) is 4.98 Å². The maximum absolute atomic E-state index is 6.40. The van der Waals surface area contributed by atoms with Crippen LogP contribution in [0.3, 0.4) is 0 Å². The lowest BCUT2D eigenvalue weighted by Gasteiger charge is -2.25. The number of aromatic nitrogens is 2. The van der Waals surface area contributed by atoms with Crippen molar-refractivity contribution in [2.45, 2.75) is 46.1 Å². The predicted molar refractivity (Wildman–Crippen MR) is 128 cm³/mol. The lowest BCUT2D eigenvalue weighted by atomic mass is 9.97. The van der Waals surface area contributed by atoms with Crippen LogP contribution >= 0.6 is 22.9 Å². The molecule has 3 heterocycles. The topological polar surface area (TPSA) is 29.0 Å². The molecule has 1 unspecified atom stereocenters. The van der Waals surface area contributed by atoms with Crippen LogP contribution in [0.2, 0.25) is 5.28 Å². The number of halogens is 1. The molecule has 152 valence electrons. The number of aryl methyl sites for hydroxylation is 1. The van der Waals surface area contributed by atoms with Gasteiger partial charge in [-0.1, -0.05) is 56.3 Å². The number of benzene rings is 2. The first-order chi connectivity index (χ1) is 14.4. The van der Waals surface area contributed by atoms with Gasteiger partial charge in [-0.05, 0) is 60.5 Å². The Labute approximate surface area is 186 Å². The zero-order chi connectivity index (χ0) is 21.0. The van der Waals surface area contributed by atoms with Crippen LogP contribution in [0.25, 0.3) is 21.3 Å². The first-order valence-electron chi connectivity index (χ1n) is 10.4. The first kappa shape index (κ1) is 19.5. The fraction of sp³-hybridized carbons (Fsp3) is 0.280. The molecule has 0 saturated carbocycles. The van der Waals surface area contributed by atoms with Gasteiger partial charge in [0.2, 0.25) is 5.28 Å². The monoisotopic (exact) mass is 433 g/mol. The quantitative estimate of drug-likeness (QED) is 0.313. The van der Waals surface area contributed by atoms with Crippen molar-refractivity contribution >= 4 is 44.7 Å². The van der Waals surface area contributed by atoms with Crippen LogP contribution in [0.15, 0.2) is 48.5 Å². The normalized spacial score (nSPS) is 15.9. The van der Waals surface area contributed by atoms with E-state index in [1.807, 2.05) is 0 Å². The molecule has 1 aliphatic rings. The van der Waals surface area contributed by atoms with Crippen molar-refractivity contribution in [3.05, 3.63) is 69.8 Å². The van der Waals surface area contributed by atoms with Crippen molar-refractivity contribution in [3.63, 3.8) is 0 Å². The Morgan fingerprint density at radius 3 is 2.53 bits per heavy atom. The minimum absolute atomic E-state index is 0.303. The van der Waals surface area contributed by atoms with E-state index in [0.717, 1.165) is 22.5 Å². The molecule has 0 fully saturated rings. The molecule has 5 heteroatoms. The number of rotatable bonds is 3. The van der Waals surface area contributed by atoms with E-state index in [1.54, 1.807) is 11.3 Å². The minimum Gasteiger partial charge on any atom is -0.322 e. The van der Waals surface area contributed by atoms with E-state index in [0.29, 0.717) is 17.2 Å². The summed E-state index contributed by atoms with van der Waals surface area (Å²) in [4.78, 5) is 13.9. The average Bonchev–Trinajstić information content (AvgIpc) is 3.22. The van der Waals surface area contributed by atoms with Gasteiger partial charge < -0.3 is 4.90 Å². The van der Waals surface area contributed by atoms with Crippen molar-refractivity contribution < 1.29 is 0 Å². The van der Waals surface area contributed by atoms with E-state index in [1.165, 1.54) is 32.8 Å². The highest BCUT2D eigenvalue weighted by atomic mass is 35.5. The smallest absolute Gasteiger partial charge is 0.225 e. The van der Waals surface area contributed by atoms with Crippen LogP contribution in [-0.2, 0) is 6.42 Å². The van der Waals surface area contributed by atoms with Crippen LogP contribution < -0.4 is 4.90 Å². The van der Waals surface area contributed by atoms with Crippen molar-refractivity contribution in [2.75, 3.05) is 4.90 Å². The second-order valence-electron chi connectivity index (χ2n) is 8.36. The molecule has 2 aromatic carbocycles. The second-order valence-corrected chi connectivity index (χ2v) is 9.90. The highest BCUT2D eigenvalue weighted by molar-refractivity contribution is 7.19. The molecule has 30 heavy (non-hydrogen) atoms. The number of nitrogens with zero attached hydrogens (tertiary/aromatic N) is 3. The molecular weight excluding hydrogens is 410 g/mol. The highest BCUT2D eigenvalue weighted by Crippen LogP contribution is 2.46. The Morgan fingerprint density at radius 2 is 1.80 bits per heavy atom. The van der Waals surface area contributed by atoms with Gasteiger partial charge in [-0.3, -0.25) is 0 Å². The molecule has 0 amide bonds. The van der Waals surface area contributed by atoms with Gasteiger partial charge in [-0.25, -0.2) is 4.98 Å². The molecule has 0 N–H and O–H groups in total. The maximum Gasteiger partial charge on any atom is 0.225 e. The van der Waals surface area contributed by atoms with Crippen molar-refractivity contribution in [1.82, 2.24) is 9.97 Å².